The first-order chi connectivity index (χ1) is 8.19. The summed E-state index contributed by atoms with van der Waals surface area (Å²) < 4.78 is 11.6. The molecule has 1 heterocycles. The number of ether oxygens (including phenoxy) is 2. The number of aromatic nitrogens is 1. The van der Waals surface area contributed by atoms with Gasteiger partial charge in [-0.3, -0.25) is 0 Å². The van der Waals surface area contributed by atoms with Gasteiger partial charge in [0.2, 0.25) is 5.88 Å². The number of pyridine rings is 1. The molecule has 0 atom stereocenters. The third-order valence-electron chi connectivity index (χ3n) is 2.29. The summed E-state index contributed by atoms with van der Waals surface area (Å²) in [6.07, 6.45) is 0. The summed E-state index contributed by atoms with van der Waals surface area (Å²) in [4.78, 5) is 4.20. The van der Waals surface area contributed by atoms with Gasteiger partial charge in [-0.1, -0.05) is 12.1 Å². The lowest BCUT2D eigenvalue weighted by atomic mass is 10.2. The first-order valence-electron chi connectivity index (χ1n) is 5.14. The van der Waals surface area contributed by atoms with Crippen molar-refractivity contribution in [3.05, 3.63) is 46.6 Å². The molecule has 0 fully saturated rings. The number of hydrogen-bond donors (Lipinski definition) is 0. The SMILES string of the molecule is COc1cc(Oc2cccc(Br)n2)ccc1C. The molecule has 0 saturated carbocycles. The van der Waals surface area contributed by atoms with E-state index in [0.717, 1.165) is 15.9 Å². The zero-order valence-electron chi connectivity index (χ0n) is 9.61. The predicted octanol–water partition coefficient (Wildman–Crippen LogP) is 3.95. The molecule has 0 unspecified atom stereocenters. The second kappa shape index (κ2) is 5.19. The van der Waals surface area contributed by atoms with Gasteiger partial charge in [-0.05, 0) is 40.5 Å². The van der Waals surface area contributed by atoms with Crippen LogP contribution in [0.5, 0.6) is 17.4 Å². The molecule has 3 nitrogen and oxygen atoms in total. The highest BCUT2D eigenvalue weighted by molar-refractivity contribution is 9.10. The van der Waals surface area contributed by atoms with Gasteiger partial charge in [0.15, 0.2) is 0 Å². The van der Waals surface area contributed by atoms with Crippen LogP contribution in [-0.2, 0) is 0 Å². The maximum Gasteiger partial charge on any atom is 0.220 e. The normalized spacial score (nSPS) is 10.1. The monoisotopic (exact) mass is 293 g/mol. The number of nitrogens with zero attached hydrogens (tertiary/aromatic N) is 1. The van der Waals surface area contributed by atoms with Crippen LogP contribution in [-0.4, -0.2) is 12.1 Å². The summed E-state index contributed by atoms with van der Waals surface area (Å²) in [6.45, 7) is 1.99. The smallest absolute Gasteiger partial charge is 0.220 e. The third-order valence-corrected chi connectivity index (χ3v) is 2.73. The van der Waals surface area contributed by atoms with Gasteiger partial charge in [-0.2, -0.15) is 0 Å². The third kappa shape index (κ3) is 2.97. The van der Waals surface area contributed by atoms with Crippen LogP contribution >= 0.6 is 15.9 Å². The zero-order chi connectivity index (χ0) is 12.3. The van der Waals surface area contributed by atoms with Gasteiger partial charge in [0.25, 0.3) is 0 Å². The molecule has 0 radical (unpaired) electrons. The Morgan fingerprint density at radius 1 is 1.18 bits per heavy atom. The molecular weight excluding hydrogens is 282 g/mol. The molecule has 0 amide bonds. The molecule has 88 valence electrons. The molecule has 17 heavy (non-hydrogen) atoms. The first-order valence-corrected chi connectivity index (χ1v) is 5.93. The number of benzene rings is 1. The van der Waals surface area contributed by atoms with Crippen LogP contribution in [0.25, 0.3) is 0 Å². The largest absolute Gasteiger partial charge is 0.496 e. The van der Waals surface area contributed by atoms with Crippen molar-refractivity contribution in [2.24, 2.45) is 0 Å². The van der Waals surface area contributed by atoms with E-state index >= 15 is 0 Å². The number of methoxy groups -OCH3 is 1. The van der Waals surface area contributed by atoms with Crippen molar-refractivity contribution in [1.29, 1.82) is 0 Å². The highest BCUT2D eigenvalue weighted by Crippen LogP contribution is 2.27. The van der Waals surface area contributed by atoms with Gasteiger partial charge in [0.05, 0.1) is 7.11 Å². The Kier molecular flexibility index (Phi) is 3.64. The Labute approximate surface area is 109 Å². The molecule has 0 aliphatic heterocycles. The lowest BCUT2D eigenvalue weighted by Gasteiger charge is -2.08. The molecule has 1 aromatic heterocycles. The predicted molar refractivity (Wildman–Crippen MR) is 69.7 cm³/mol. The fourth-order valence-electron chi connectivity index (χ4n) is 1.43. The fourth-order valence-corrected chi connectivity index (χ4v) is 1.76. The van der Waals surface area contributed by atoms with Crippen LogP contribution < -0.4 is 9.47 Å². The lowest BCUT2D eigenvalue weighted by molar-refractivity contribution is 0.404. The number of halogens is 1. The second-order valence-corrected chi connectivity index (χ2v) is 4.34. The van der Waals surface area contributed by atoms with E-state index in [2.05, 4.69) is 20.9 Å². The molecule has 2 rings (SSSR count). The molecule has 0 N–H and O–H groups in total. The van der Waals surface area contributed by atoms with Crippen molar-refractivity contribution in [2.75, 3.05) is 7.11 Å². The maximum atomic E-state index is 5.64. The van der Waals surface area contributed by atoms with Crippen molar-refractivity contribution in [3.8, 4) is 17.4 Å². The van der Waals surface area contributed by atoms with E-state index in [4.69, 9.17) is 9.47 Å². The zero-order valence-corrected chi connectivity index (χ0v) is 11.2. The molecule has 0 aliphatic rings. The minimum absolute atomic E-state index is 0.547. The van der Waals surface area contributed by atoms with E-state index in [1.54, 1.807) is 13.2 Å². The van der Waals surface area contributed by atoms with E-state index in [1.165, 1.54) is 0 Å². The number of rotatable bonds is 3. The van der Waals surface area contributed by atoms with Crippen LogP contribution in [0.2, 0.25) is 0 Å². The van der Waals surface area contributed by atoms with Crippen molar-refractivity contribution in [3.63, 3.8) is 0 Å². The molecule has 2 aromatic rings. The minimum Gasteiger partial charge on any atom is -0.496 e. The fraction of sp³-hybridized carbons (Fsp3) is 0.154. The van der Waals surface area contributed by atoms with Crippen molar-refractivity contribution in [2.45, 2.75) is 6.92 Å². The average molecular weight is 294 g/mol. The number of hydrogen-bond acceptors (Lipinski definition) is 3. The summed E-state index contributed by atoms with van der Waals surface area (Å²) in [5, 5.41) is 0. The van der Waals surface area contributed by atoms with Crippen LogP contribution in [0.15, 0.2) is 41.0 Å². The maximum absolute atomic E-state index is 5.64. The molecule has 0 bridgehead atoms. The van der Waals surface area contributed by atoms with Gasteiger partial charge >= 0.3 is 0 Å². The average Bonchev–Trinajstić information content (AvgIpc) is 2.32. The van der Waals surface area contributed by atoms with Crippen LogP contribution in [0.4, 0.5) is 0 Å². The Bertz CT molecular complexity index is 529. The lowest BCUT2D eigenvalue weighted by Crippen LogP contribution is -1.91. The Morgan fingerprint density at radius 2 is 2.00 bits per heavy atom. The van der Waals surface area contributed by atoms with E-state index < -0.39 is 0 Å². The van der Waals surface area contributed by atoms with Crippen LogP contribution in [0.1, 0.15) is 5.56 Å². The van der Waals surface area contributed by atoms with Gasteiger partial charge in [0, 0.05) is 12.1 Å². The van der Waals surface area contributed by atoms with Gasteiger partial charge < -0.3 is 9.47 Å². The Hall–Kier alpha value is -1.55. The summed E-state index contributed by atoms with van der Waals surface area (Å²) in [7, 11) is 1.64. The minimum atomic E-state index is 0.547. The summed E-state index contributed by atoms with van der Waals surface area (Å²) in [6, 6.07) is 11.2. The van der Waals surface area contributed by atoms with E-state index in [0.29, 0.717) is 11.6 Å². The molecule has 1 aromatic carbocycles. The van der Waals surface area contributed by atoms with E-state index in [9.17, 15) is 0 Å². The highest BCUT2D eigenvalue weighted by atomic mass is 79.9. The molecule has 0 aliphatic carbocycles. The topological polar surface area (TPSA) is 31.4 Å². The van der Waals surface area contributed by atoms with Crippen molar-refractivity contribution in [1.82, 2.24) is 4.98 Å². The summed E-state index contributed by atoms with van der Waals surface area (Å²) in [5.74, 6) is 2.06. The molecule has 0 spiro atoms. The number of aryl methyl sites for hydroxylation is 1. The standard InChI is InChI=1S/C13H12BrNO2/c1-9-6-7-10(8-11(9)16-2)17-13-5-3-4-12(14)15-13/h3-8H,1-2H3. The quantitative estimate of drug-likeness (QED) is 0.803. The highest BCUT2D eigenvalue weighted by Gasteiger charge is 2.03. The Balaban J connectivity index is 2.24. The van der Waals surface area contributed by atoms with Crippen LogP contribution in [0.3, 0.4) is 0 Å². The summed E-state index contributed by atoms with van der Waals surface area (Å²) in [5.41, 5.74) is 1.07. The molecular formula is C13H12BrNO2. The van der Waals surface area contributed by atoms with Crippen molar-refractivity contribution < 1.29 is 9.47 Å². The molecule has 4 heteroatoms. The van der Waals surface area contributed by atoms with Gasteiger partial charge in [-0.25, -0.2) is 4.98 Å². The molecule has 0 saturated heterocycles. The summed E-state index contributed by atoms with van der Waals surface area (Å²) >= 11 is 3.30. The van der Waals surface area contributed by atoms with E-state index in [1.807, 2.05) is 37.3 Å². The second-order valence-electron chi connectivity index (χ2n) is 3.53. The van der Waals surface area contributed by atoms with Gasteiger partial charge in [-0.15, -0.1) is 0 Å². The first kappa shape index (κ1) is 11.9. The van der Waals surface area contributed by atoms with E-state index in [-0.39, 0.29) is 0 Å². The van der Waals surface area contributed by atoms with Gasteiger partial charge in [0.1, 0.15) is 16.1 Å². The van der Waals surface area contributed by atoms with Crippen molar-refractivity contribution >= 4 is 15.9 Å². The Morgan fingerprint density at radius 3 is 2.71 bits per heavy atom. The van der Waals surface area contributed by atoms with Crippen LogP contribution in [0, 0.1) is 6.92 Å².